The van der Waals surface area contributed by atoms with E-state index in [0.29, 0.717) is 12.1 Å². The summed E-state index contributed by atoms with van der Waals surface area (Å²) in [5.74, 6) is -0.222. The van der Waals surface area contributed by atoms with Crippen LogP contribution in [0.2, 0.25) is 0 Å². The molecule has 0 saturated heterocycles. The van der Waals surface area contributed by atoms with Crippen molar-refractivity contribution in [3.05, 3.63) is 95.1 Å². The Balaban J connectivity index is 1.70. The van der Waals surface area contributed by atoms with Gasteiger partial charge in [-0.25, -0.2) is 0 Å². The number of aromatic nitrogens is 1. The topological polar surface area (TPSA) is 54.3 Å². The molecule has 2 amide bonds. The van der Waals surface area contributed by atoms with Crippen LogP contribution in [0.25, 0.3) is 22.2 Å². The average molecular weight is 466 g/mol. The van der Waals surface area contributed by atoms with Gasteiger partial charge in [-0.15, -0.1) is 0 Å². The van der Waals surface area contributed by atoms with Crippen molar-refractivity contribution in [1.82, 2.24) is 14.8 Å². The van der Waals surface area contributed by atoms with E-state index in [2.05, 4.69) is 67.2 Å². The predicted molar refractivity (Wildman–Crippen MR) is 140 cm³/mol. The van der Waals surface area contributed by atoms with Crippen molar-refractivity contribution < 1.29 is 9.59 Å². The van der Waals surface area contributed by atoms with Crippen molar-refractivity contribution in [2.45, 2.75) is 32.7 Å². The Morgan fingerprint density at radius 3 is 2.46 bits per heavy atom. The molecule has 4 aromatic rings. The predicted octanol–water partition coefficient (Wildman–Crippen LogP) is 5.62. The second-order valence-corrected chi connectivity index (χ2v) is 9.33. The van der Waals surface area contributed by atoms with E-state index >= 15 is 0 Å². The molecule has 0 fully saturated rings. The molecule has 0 radical (unpaired) electrons. The van der Waals surface area contributed by atoms with Crippen LogP contribution in [0.5, 0.6) is 0 Å². The fourth-order valence-corrected chi connectivity index (χ4v) is 5.22. The normalized spacial score (nSPS) is 15.0. The molecule has 0 spiro atoms. The van der Waals surface area contributed by atoms with E-state index < -0.39 is 0 Å². The van der Waals surface area contributed by atoms with E-state index in [1.807, 2.05) is 36.4 Å². The van der Waals surface area contributed by atoms with E-state index in [4.69, 9.17) is 0 Å². The molecule has 0 saturated carbocycles. The Kier molecular flexibility index (Phi) is 6.16. The van der Waals surface area contributed by atoms with Gasteiger partial charge < -0.3 is 14.8 Å². The van der Waals surface area contributed by atoms with Crippen LogP contribution in [-0.4, -0.2) is 34.4 Å². The number of rotatable bonds is 7. The lowest BCUT2D eigenvalue weighted by molar-refractivity contribution is -0.122. The highest BCUT2D eigenvalue weighted by atomic mass is 16.2. The molecule has 5 heteroatoms. The highest BCUT2D eigenvalue weighted by Gasteiger charge is 2.41. The number of benzene rings is 3. The van der Waals surface area contributed by atoms with Gasteiger partial charge in [0.25, 0.3) is 5.91 Å². The fraction of sp³-hybridized carbons (Fsp3) is 0.267. The Morgan fingerprint density at radius 1 is 0.971 bits per heavy atom. The number of unbranched alkanes of at least 4 members (excludes halogenated alkanes) is 1. The second kappa shape index (κ2) is 9.41. The van der Waals surface area contributed by atoms with Crippen LogP contribution in [0.4, 0.5) is 0 Å². The minimum absolute atomic E-state index is 0.0262. The molecule has 3 aromatic carbocycles. The monoisotopic (exact) mass is 465 g/mol. The standard InChI is InChI=1S/C30H31N3O2/c1-4-5-18-31-26(34)19-33-29(22-10-6-7-11-23(22)30(33)35)27-24-12-8-9-13-25(24)32(3)28(27)21-16-14-20(2)15-17-21/h6-17,29H,4-5,18-19H2,1-3H3,(H,31,34). The van der Waals surface area contributed by atoms with Gasteiger partial charge in [-0.05, 0) is 36.6 Å². The number of carbonyl (C=O) groups is 2. The van der Waals surface area contributed by atoms with Gasteiger partial charge in [0.1, 0.15) is 6.54 Å². The van der Waals surface area contributed by atoms with Crippen LogP contribution < -0.4 is 5.32 Å². The Labute approximate surface area is 206 Å². The zero-order valence-electron chi connectivity index (χ0n) is 20.5. The van der Waals surface area contributed by atoms with E-state index in [9.17, 15) is 9.59 Å². The van der Waals surface area contributed by atoms with E-state index in [1.54, 1.807) is 4.90 Å². The zero-order valence-corrected chi connectivity index (χ0v) is 20.5. The maximum absolute atomic E-state index is 13.6. The molecule has 0 bridgehead atoms. The third-order valence-corrected chi connectivity index (χ3v) is 6.97. The smallest absolute Gasteiger partial charge is 0.255 e. The lowest BCUT2D eigenvalue weighted by atomic mass is 9.93. The highest BCUT2D eigenvalue weighted by Crippen LogP contribution is 2.46. The number of para-hydroxylation sites is 1. The molecular weight excluding hydrogens is 434 g/mol. The Morgan fingerprint density at radius 2 is 1.69 bits per heavy atom. The minimum atomic E-state index is -0.349. The van der Waals surface area contributed by atoms with Gasteiger partial charge in [-0.1, -0.05) is 79.6 Å². The van der Waals surface area contributed by atoms with E-state index in [-0.39, 0.29) is 24.4 Å². The quantitative estimate of drug-likeness (QED) is 0.361. The summed E-state index contributed by atoms with van der Waals surface area (Å²) in [6, 6.07) is 24.2. The van der Waals surface area contributed by atoms with Gasteiger partial charge in [-0.2, -0.15) is 0 Å². The molecule has 1 aromatic heterocycles. The average Bonchev–Trinajstić information content (AvgIpc) is 3.31. The summed E-state index contributed by atoms with van der Waals surface area (Å²) in [4.78, 5) is 28.3. The third-order valence-electron chi connectivity index (χ3n) is 6.97. The molecule has 178 valence electrons. The molecule has 1 aliphatic rings. The number of hydrogen-bond donors (Lipinski definition) is 1. The Hall–Kier alpha value is -3.86. The van der Waals surface area contributed by atoms with Crippen LogP contribution in [0.15, 0.2) is 72.8 Å². The van der Waals surface area contributed by atoms with Crippen molar-refractivity contribution >= 4 is 22.7 Å². The first-order valence-electron chi connectivity index (χ1n) is 12.3. The van der Waals surface area contributed by atoms with Gasteiger partial charge in [-0.3, -0.25) is 9.59 Å². The molecule has 5 nitrogen and oxygen atoms in total. The number of aryl methyl sites for hydroxylation is 2. The molecule has 1 aliphatic heterocycles. The molecule has 5 rings (SSSR count). The van der Waals surface area contributed by atoms with Crippen molar-refractivity contribution in [2.24, 2.45) is 7.05 Å². The van der Waals surface area contributed by atoms with Crippen molar-refractivity contribution in [3.8, 4) is 11.3 Å². The summed E-state index contributed by atoms with van der Waals surface area (Å²) in [7, 11) is 2.07. The third kappa shape index (κ3) is 4.01. The molecule has 1 unspecified atom stereocenters. The van der Waals surface area contributed by atoms with Gasteiger partial charge in [0.2, 0.25) is 5.91 Å². The van der Waals surface area contributed by atoms with Crippen molar-refractivity contribution in [2.75, 3.05) is 13.1 Å². The van der Waals surface area contributed by atoms with Crippen molar-refractivity contribution in [3.63, 3.8) is 0 Å². The summed E-state index contributed by atoms with van der Waals surface area (Å²) in [6.45, 7) is 4.82. The maximum Gasteiger partial charge on any atom is 0.255 e. The minimum Gasteiger partial charge on any atom is -0.355 e. The molecule has 1 atom stereocenters. The van der Waals surface area contributed by atoms with E-state index in [1.165, 1.54) is 5.56 Å². The number of carbonyl (C=O) groups excluding carboxylic acids is 2. The first kappa shape index (κ1) is 22.9. The van der Waals surface area contributed by atoms with Gasteiger partial charge in [0.05, 0.1) is 11.7 Å². The highest BCUT2D eigenvalue weighted by molar-refractivity contribution is 6.03. The first-order chi connectivity index (χ1) is 17.0. The lowest BCUT2D eigenvalue weighted by Crippen LogP contribution is -2.40. The largest absolute Gasteiger partial charge is 0.355 e. The van der Waals surface area contributed by atoms with Crippen LogP contribution in [0.1, 0.15) is 52.9 Å². The molecule has 0 aliphatic carbocycles. The summed E-state index contributed by atoms with van der Waals surface area (Å²) >= 11 is 0. The summed E-state index contributed by atoms with van der Waals surface area (Å²) in [5.41, 5.74) is 7.13. The summed E-state index contributed by atoms with van der Waals surface area (Å²) in [6.07, 6.45) is 1.93. The molecule has 2 heterocycles. The van der Waals surface area contributed by atoms with Crippen LogP contribution in [-0.2, 0) is 11.8 Å². The SMILES string of the molecule is CCCCNC(=O)CN1C(=O)c2ccccc2C1c1c(-c2ccc(C)cc2)n(C)c2ccccc12. The van der Waals surface area contributed by atoms with E-state index in [0.717, 1.165) is 46.1 Å². The lowest BCUT2D eigenvalue weighted by Gasteiger charge is -2.26. The van der Waals surface area contributed by atoms with Crippen LogP contribution in [0, 0.1) is 6.92 Å². The number of nitrogens with one attached hydrogen (secondary N) is 1. The van der Waals surface area contributed by atoms with Crippen molar-refractivity contribution in [1.29, 1.82) is 0 Å². The Bertz CT molecular complexity index is 1400. The first-order valence-corrected chi connectivity index (χ1v) is 12.3. The molecule has 1 N–H and O–H groups in total. The summed E-state index contributed by atoms with van der Waals surface area (Å²) < 4.78 is 2.21. The zero-order chi connectivity index (χ0) is 24.5. The number of amides is 2. The van der Waals surface area contributed by atoms with Gasteiger partial charge in [0.15, 0.2) is 0 Å². The van der Waals surface area contributed by atoms with Gasteiger partial charge in [0, 0.05) is 35.6 Å². The second-order valence-electron chi connectivity index (χ2n) is 9.33. The van der Waals surface area contributed by atoms with Gasteiger partial charge >= 0.3 is 0 Å². The van der Waals surface area contributed by atoms with Crippen LogP contribution >= 0.6 is 0 Å². The maximum atomic E-state index is 13.6. The molecule has 35 heavy (non-hydrogen) atoms. The van der Waals surface area contributed by atoms with Crippen LogP contribution in [0.3, 0.4) is 0 Å². The number of nitrogens with zero attached hydrogens (tertiary/aromatic N) is 2. The molecular formula is C30H31N3O2. The fourth-order valence-electron chi connectivity index (χ4n) is 5.22. The summed E-state index contributed by atoms with van der Waals surface area (Å²) in [5, 5.41) is 4.08. The number of hydrogen-bond acceptors (Lipinski definition) is 2. The number of fused-ring (bicyclic) bond motifs is 2.